The van der Waals surface area contributed by atoms with E-state index in [0.717, 1.165) is 11.1 Å². The van der Waals surface area contributed by atoms with Crippen LogP contribution in [-0.4, -0.2) is 5.11 Å². The number of rotatable bonds is 4. The summed E-state index contributed by atoms with van der Waals surface area (Å²) in [6, 6.07) is 9.89. The molecule has 0 spiro atoms. The van der Waals surface area contributed by atoms with Crippen LogP contribution >= 0.6 is 11.6 Å². The molecule has 0 atom stereocenters. The Balaban J connectivity index is 2.20. The number of aryl methyl sites for hydroxylation is 1. The lowest BCUT2D eigenvalue weighted by Crippen LogP contribution is -2.01. The lowest BCUT2D eigenvalue weighted by Gasteiger charge is -2.12. The number of nitriles is 1. The van der Waals surface area contributed by atoms with Gasteiger partial charge >= 0.3 is 0 Å². The molecule has 1 N–H and O–H groups in total. The molecule has 0 unspecified atom stereocenters. The standard InChI is InChI=1S/C15H12ClNO3/c1-10-3-2-4-14(20-9-17)12(10)8-19-15-6-5-11(18)7-13(15)16/h2-7,18H,8H2,1H3. The summed E-state index contributed by atoms with van der Waals surface area (Å²) in [7, 11) is 0. The fourth-order valence-electron chi connectivity index (χ4n) is 1.76. The molecule has 0 heterocycles. The molecule has 20 heavy (non-hydrogen) atoms. The molecule has 4 nitrogen and oxygen atoms in total. The fraction of sp³-hybridized carbons (Fsp3) is 0.133. The Labute approximate surface area is 121 Å². The highest BCUT2D eigenvalue weighted by Crippen LogP contribution is 2.30. The van der Waals surface area contributed by atoms with E-state index in [1.165, 1.54) is 12.1 Å². The largest absolute Gasteiger partial charge is 0.508 e. The van der Waals surface area contributed by atoms with Crippen LogP contribution < -0.4 is 9.47 Å². The van der Waals surface area contributed by atoms with E-state index in [0.29, 0.717) is 16.5 Å². The van der Waals surface area contributed by atoms with Crippen molar-refractivity contribution in [2.24, 2.45) is 0 Å². The molecule has 0 saturated carbocycles. The van der Waals surface area contributed by atoms with Crippen molar-refractivity contribution in [3.63, 3.8) is 0 Å². The smallest absolute Gasteiger partial charge is 0.292 e. The zero-order chi connectivity index (χ0) is 14.5. The van der Waals surface area contributed by atoms with Gasteiger partial charge in [-0.1, -0.05) is 23.7 Å². The Morgan fingerprint density at radius 3 is 2.75 bits per heavy atom. The Hall–Kier alpha value is -2.38. The molecule has 0 amide bonds. The number of hydrogen-bond donors (Lipinski definition) is 1. The van der Waals surface area contributed by atoms with Gasteiger partial charge in [-0.2, -0.15) is 0 Å². The number of halogens is 1. The quantitative estimate of drug-likeness (QED) is 0.870. The Morgan fingerprint density at radius 1 is 1.25 bits per heavy atom. The maximum absolute atomic E-state index is 9.28. The van der Waals surface area contributed by atoms with Gasteiger partial charge in [0, 0.05) is 11.6 Å². The highest BCUT2D eigenvalue weighted by molar-refractivity contribution is 6.32. The summed E-state index contributed by atoms with van der Waals surface area (Å²) < 4.78 is 10.5. The summed E-state index contributed by atoms with van der Waals surface area (Å²) >= 11 is 5.97. The normalized spacial score (nSPS) is 9.85. The highest BCUT2D eigenvalue weighted by Gasteiger charge is 2.10. The van der Waals surface area contributed by atoms with Gasteiger partial charge in [0.2, 0.25) is 0 Å². The number of hydrogen-bond acceptors (Lipinski definition) is 4. The lowest BCUT2D eigenvalue weighted by molar-refractivity contribution is 0.299. The number of nitrogens with zero attached hydrogens (tertiary/aromatic N) is 1. The van der Waals surface area contributed by atoms with Crippen LogP contribution in [0.15, 0.2) is 36.4 Å². The second kappa shape index (κ2) is 6.18. The van der Waals surface area contributed by atoms with E-state index in [-0.39, 0.29) is 12.4 Å². The van der Waals surface area contributed by atoms with E-state index in [2.05, 4.69) is 0 Å². The van der Waals surface area contributed by atoms with Crippen molar-refractivity contribution in [2.45, 2.75) is 13.5 Å². The molecular weight excluding hydrogens is 278 g/mol. The minimum Gasteiger partial charge on any atom is -0.508 e. The van der Waals surface area contributed by atoms with Crippen LogP contribution in [0.2, 0.25) is 5.02 Å². The number of ether oxygens (including phenoxy) is 2. The molecule has 5 heteroatoms. The van der Waals surface area contributed by atoms with Crippen molar-refractivity contribution < 1.29 is 14.6 Å². The van der Waals surface area contributed by atoms with Crippen LogP contribution in [0.25, 0.3) is 0 Å². The molecule has 0 fully saturated rings. The third kappa shape index (κ3) is 3.14. The van der Waals surface area contributed by atoms with E-state index in [4.69, 9.17) is 26.3 Å². The predicted molar refractivity (Wildman–Crippen MR) is 74.9 cm³/mol. The van der Waals surface area contributed by atoms with Crippen LogP contribution in [0.1, 0.15) is 11.1 Å². The van der Waals surface area contributed by atoms with Crippen molar-refractivity contribution in [3.05, 3.63) is 52.5 Å². The van der Waals surface area contributed by atoms with Gasteiger partial charge in [-0.15, -0.1) is 5.26 Å². The van der Waals surface area contributed by atoms with Crippen LogP contribution in [-0.2, 0) is 6.61 Å². The van der Waals surface area contributed by atoms with E-state index < -0.39 is 0 Å². The molecule has 2 aromatic carbocycles. The maximum Gasteiger partial charge on any atom is 0.292 e. The Bertz CT molecular complexity index is 665. The zero-order valence-corrected chi connectivity index (χ0v) is 11.5. The van der Waals surface area contributed by atoms with Crippen molar-refractivity contribution in [2.75, 3.05) is 0 Å². The van der Waals surface area contributed by atoms with Crippen molar-refractivity contribution in [1.82, 2.24) is 0 Å². The molecule has 2 aromatic rings. The van der Waals surface area contributed by atoms with Crippen molar-refractivity contribution in [1.29, 1.82) is 5.26 Å². The third-order valence-corrected chi connectivity index (χ3v) is 3.11. The summed E-state index contributed by atoms with van der Waals surface area (Å²) in [6.45, 7) is 2.12. The molecule has 0 aliphatic heterocycles. The maximum atomic E-state index is 9.28. The summed E-state index contributed by atoms with van der Waals surface area (Å²) in [5.74, 6) is 0.991. The average molecular weight is 290 g/mol. The summed E-state index contributed by atoms with van der Waals surface area (Å²) in [6.07, 6.45) is 1.65. The second-order valence-corrected chi connectivity index (χ2v) is 4.56. The lowest BCUT2D eigenvalue weighted by atomic mass is 10.1. The SMILES string of the molecule is Cc1cccc(OC#N)c1COc1ccc(O)cc1Cl. The van der Waals surface area contributed by atoms with E-state index in [1.54, 1.807) is 24.5 Å². The molecule has 0 saturated heterocycles. The minimum atomic E-state index is 0.0757. The Morgan fingerprint density at radius 2 is 2.05 bits per heavy atom. The van der Waals surface area contributed by atoms with Gasteiger partial charge in [-0.05, 0) is 30.7 Å². The molecule has 0 aliphatic rings. The van der Waals surface area contributed by atoms with E-state index >= 15 is 0 Å². The van der Waals surface area contributed by atoms with E-state index in [1.807, 2.05) is 13.0 Å². The third-order valence-electron chi connectivity index (χ3n) is 2.81. The van der Waals surface area contributed by atoms with Crippen molar-refractivity contribution in [3.8, 4) is 23.5 Å². The number of phenols is 1. The van der Waals surface area contributed by atoms with Gasteiger partial charge in [-0.3, -0.25) is 0 Å². The number of phenolic OH excluding ortho intramolecular Hbond substituents is 1. The molecule has 0 aliphatic carbocycles. The van der Waals surface area contributed by atoms with Crippen LogP contribution in [0.3, 0.4) is 0 Å². The van der Waals surface area contributed by atoms with Crippen molar-refractivity contribution >= 4 is 11.6 Å². The van der Waals surface area contributed by atoms with Crippen LogP contribution in [0.4, 0.5) is 0 Å². The van der Waals surface area contributed by atoms with Crippen LogP contribution in [0.5, 0.6) is 17.2 Å². The average Bonchev–Trinajstić information content (AvgIpc) is 2.40. The first kappa shape index (κ1) is 14.0. The molecule has 0 bridgehead atoms. The van der Waals surface area contributed by atoms with Crippen LogP contribution in [0, 0.1) is 18.4 Å². The molecule has 102 valence electrons. The summed E-state index contributed by atoms with van der Waals surface area (Å²) in [4.78, 5) is 0. The van der Waals surface area contributed by atoms with Gasteiger partial charge in [-0.25, -0.2) is 0 Å². The summed E-state index contributed by atoms with van der Waals surface area (Å²) in [5, 5.41) is 18.2. The number of aromatic hydroxyl groups is 1. The van der Waals surface area contributed by atoms with E-state index in [9.17, 15) is 5.11 Å². The molecule has 0 radical (unpaired) electrons. The minimum absolute atomic E-state index is 0.0757. The first-order valence-corrected chi connectivity index (χ1v) is 6.25. The first-order valence-electron chi connectivity index (χ1n) is 5.87. The monoisotopic (exact) mass is 289 g/mol. The second-order valence-electron chi connectivity index (χ2n) is 4.15. The van der Waals surface area contributed by atoms with Gasteiger partial charge in [0.1, 0.15) is 23.9 Å². The fourth-order valence-corrected chi connectivity index (χ4v) is 1.99. The zero-order valence-electron chi connectivity index (χ0n) is 10.8. The topological polar surface area (TPSA) is 62.5 Å². The Kier molecular flexibility index (Phi) is 4.34. The first-order chi connectivity index (χ1) is 9.61. The van der Waals surface area contributed by atoms with Gasteiger partial charge < -0.3 is 14.6 Å². The van der Waals surface area contributed by atoms with Gasteiger partial charge in [0.05, 0.1) is 5.02 Å². The molecule has 2 rings (SSSR count). The number of benzene rings is 2. The molecular formula is C15H12ClNO3. The molecule has 0 aromatic heterocycles. The predicted octanol–water partition coefficient (Wildman–Crippen LogP) is 3.79. The van der Waals surface area contributed by atoms with Gasteiger partial charge in [0.15, 0.2) is 0 Å². The van der Waals surface area contributed by atoms with Gasteiger partial charge in [0.25, 0.3) is 6.26 Å². The highest BCUT2D eigenvalue weighted by atomic mass is 35.5. The summed E-state index contributed by atoms with van der Waals surface area (Å²) in [5.41, 5.74) is 1.73.